The molecule has 0 aromatic carbocycles. The standard InChI is InChI=1S/C13H24O3/c1-2-14-9-4-3-5-10-15-11-7-6-8-12-13(11)16-12/h11-13H,2-10H2,1H3. The van der Waals surface area contributed by atoms with Crippen LogP contribution in [0.1, 0.15) is 45.4 Å². The topological polar surface area (TPSA) is 31.0 Å². The van der Waals surface area contributed by atoms with Gasteiger partial charge in [-0.25, -0.2) is 0 Å². The predicted octanol–water partition coefficient (Wildman–Crippen LogP) is 2.53. The Labute approximate surface area is 98.4 Å². The van der Waals surface area contributed by atoms with Crippen LogP contribution in [0.5, 0.6) is 0 Å². The van der Waals surface area contributed by atoms with E-state index in [-0.39, 0.29) is 0 Å². The lowest BCUT2D eigenvalue weighted by Crippen LogP contribution is -2.25. The number of hydrogen-bond acceptors (Lipinski definition) is 3. The molecule has 1 saturated heterocycles. The van der Waals surface area contributed by atoms with Crippen molar-refractivity contribution in [2.24, 2.45) is 0 Å². The lowest BCUT2D eigenvalue weighted by molar-refractivity contribution is 0.0220. The molecule has 3 heteroatoms. The van der Waals surface area contributed by atoms with Crippen LogP contribution in [0.3, 0.4) is 0 Å². The van der Waals surface area contributed by atoms with E-state index in [1.165, 1.54) is 25.7 Å². The van der Waals surface area contributed by atoms with Crippen LogP contribution in [0.15, 0.2) is 0 Å². The maximum Gasteiger partial charge on any atom is 0.110 e. The summed E-state index contributed by atoms with van der Waals surface area (Å²) < 4.78 is 16.7. The molecule has 3 unspecified atom stereocenters. The minimum Gasteiger partial charge on any atom is -0.382 e. The Kier molecular flexibility index (Phi) is 5.07. The van der Waals surface area contributed by atoms with E-state index in [1.807, 2.05) is 6.92 Å². The van der Waals surface area contributed by atoms with E-state index < -0.39 is 0 Å². The van der Waals surface area contributed by atoms with Crippen LogP contribution >= 0.6 is 0 Å². The molecule has 0 amide bonds. The van der Waals surface area contributed by atoms with Gasteiger partial charge in [-0.2, -0.15) is 0 Å². The lowest BCUT2D eigenvalue weighted by Gasteiger charge is -2.18. The Bertz CT molecular complexity index is 196. The van der Waals surface area contributed by atoms with Gasteiger partial charge in [0.05, 0.1) is 12.2 Å². The van der Waals surface area contributed by atoms with Gasteiger partial charge >= 0.3 is 0 Å². The second-order valence-electron chi connectivity index (χ2n) is 4.74. The number of rotatable bonds is 8. The summed E-state index contributed by atoms with van der Waals surface area (Å²) >= 11 is 0. The highest BCUT2D eigenvalue weighted by molar-refractivity contribution is 4.95. The summed E-state index contributed by atoms with van der Waals surface area (Å²) in [6.45, 7) is 4.66. The second-order valence-corrected chi connectivity index (χ2v) is 4.74. The minimum absolute atomic E-state index is 0.394. The van der Waals surface area contributed by atoms with Gasteiger partial charge in [0.1, 0.15) is 6.10 Å². The third kappa shape index (κ3) is 3.72. The molecule has 16 heavy (non-hydrogen) atoms. The largest absolute Gasteiger partial charge is 0.382 e. The molecule has 1 aliphatic heterocycles. The summed E-state index contributed by atoms with van der Waals surface area (Å²) in [6.07, 6.45) is 8.61. The average molecular weight is 228 g/mol. The van der Waals surface area contributed by atoms with Crippen molar-refractivity contribution < 1.29 is 14.2 Å². The van der Waals surface area contributed by atoms with Crippen LogP contribution in [-0.2, 0) is 14.2 Å². The number of epoxide rings is 1. The first-order valence-corrected chi connectivity index (χ1v) is 6.76. The highest BCUT2D eigenvalue weighted by Gasteiger charge is 2.47. The fourth-order valence-electron chi connectivity index (χ4n) is 2.44. The summed E-state index contributed by atoms with van der Waals surface area (Å²) in [6, 6.07) is 0. The van der Waals surface area contributed by atoms with Crippen molar-refractivity contribution in [1.29, 1.82) is 0 Å². The van der Waals surface area contributed by atoms with Crippen LogP contribution in [0.4, 0.5) is 0 Å². The van der Waals surface area contributed by atoms with Gasteiger partial charge in [-0.15, -0.1) is 0 Å². The first-order chi connectivity index (χ1) is 7.92. The van der Waals surface area contributed by atoms with Gasteiger partial charge in [-0.1, -0.05) is 0 Å². The molecule has 94 valence electrons. The Balaban J connectivity index is 1.42. The summed E-state index contributed by atoms with van der Waals surface area (Å²) in [5.41, 5.74) is 0. The van der Waals surface area contributed by atoms with E-state index in [1.54, 1.807) is 0 Å². The van der Waals surface area contributed by atoms with Crippen molar-refractivity contribution >= 4 is 0 Å². The summed E-state index contributed by atoms with van der Waals surface area (Å²) in [5, 5.41) is 0. The van der Waals surface area contributed by atoms with Crippen molar-refractivity contribution in [3.63, 3.8) is 0 Å². The number of ether oxygens (including phenoxy) is 3. The fraction of sp³-hybridized carbons (Fsp3) is 1.00. The third-order valence-electron chi connectivity index (χ3n) is 3.43. The van der Waals surface area contributed by atoms with Gasteiger partial charge < -0.3 is 14.2 Å². The van der Waals surface area contributed by atoms with Gasteiger partial charge in [0.2, 0.25) is 0 Å². The van der Waals surface area contributed by atoms with Crippen LogP contribution in [0.2, 0.25) is 0 Å². The molecule has 0 aromatic rings. The number of hydrogen-bond donors (Lipinski definition) is 0. The van der Waals surface area contributed by atoms with Gasteiger partial charge in [-0.3, -0.25) is 0 Å². The third-order valence-corrected chi connectivity index (χ3v) is 3.43. The van der Waals surface area contributed by atoms with Gasteiger partial charge in [-0.05, 0) is 45.4 Å². The van der Waals surface area contributed by atoms with Crippen molar-refractivity contribution in [3.05, 3.63) is 0 Å². The van der Waals surface area contributed by atoms with Gasteiger partial charge in [0.25, 0.3) is 0 Å². The molecule has 0 aromatic heterocycles. The number of fused-ring (bicyclic) bond motifs is 1. The van der Waals surface area contributed by atoms with Crippen LogP contribution in [0, 0.1) is 0 Å². The molecule has 0 bridgehead atoms. The zero-order valence-electron chi connectivity index (χ0n) is 10.3. The summed E-state index contributed by atoms with van der Waals surface area (Å²) in [7, 11) is 0. The second kappa shape index (κ2) is 6.58. The average Bonchev–Trinajstić information content (AvgIpc) is 3.07. The Hall–Kier alpha value is -0.120. The molecule has 1 saturated carbocycles. The molecular formula is C13H24O3. The van der Waals surface area contributed by atoms with Crippen molar-refractivity contribution in [3.8, 4) is 0 Å². The van der Waals surface area contributed by atoms with Crippen LogP contribution in [-0.4, -0.2) is 38.1 Å². The molecule has 1 heterocycles. The smallest absolute Gasteiger partial charge is 0.110 e. The van der Waals surface area contributed by atoms with E-state index in [0.717, 1.165) is 32.7 Å². The molecule has 1 aliphatic carbocycles. The minimum atomic E-state index is 0.394. The summed E-state index contributed by atoms with van der Waals surface area (Å²) in [5.74, 6) is 0. The highest BCUT2D eigenvalue weighted by Crippen LogP contribution is 2.38. The molecule has 0 spiro atoms. The monoisotopic (exact) mass is 228 g/mol. The van der Waals surface area contributed by atoms with E-state index in [0.29, 0.717) is 18.3 Å². The van der Waals surface area contributed by atoms with Gasteiger partial charge in [0, 0.05) is 19.8 Å². The zero-order chi connectivity index (χ0) is 11.2. The van der Waals surface area contributed by atoms with Crippen molar-refractivity contribution in [2.45, 2.75) is 63.8 Å². The fourth-order valence-corrected chi connectivity index (χ4v) is 2.44. The highest BCUT2D eigenvalue weighted by atomic mass is 16.6. The van der Waals surface area contributed by atoms with Crippen LogP contribution in [0.25, 0.3) is 0 Å². The first kappa shape index (κ1) is 12.3. The lowest BCUT2D eigenvalue weighted by atomic mass is 9.98. The summed E-state index contributed by atoms with van der Waals surface area (Å²) in [4.78, 5) is 0. The zero-order valence-corrected chi connectivity index (χ0v) is 10.3. The maximum absolute atomic E-state index is 5.88. The van der Waals surface area contributed by atoms with Gasteiger partial charge in [0.15, 0.2) is 0 Å². The first-order valence-electron chi connectivity index (χ1n) is 6.76. The Morgan fingerprint density at radius 2 is 2.00 bits per heavy atom. The Morgan fingerprint density at radius 1 is 1.12 bits per heavy atom. The van der Waals surface area contributed by atoms with Crippen LogP contribution < -0.4 is 0 Å². The molecule has 2 aliphatic rings. The predicted molar refractivity (Wildman–Crippen MR) is 62.6 cm³/mol. The number of unbranched alkanes of at least 4 members (excludes halogenated alkanes) is 2. The van der Waals surface area contributed by atoms with E-state index >= 15 is 0 Å². The van der Waals surface area contributed by atoms with E-state index in [4.69, 9.17) is 14.2 Å². The SMILES string of the molecule is CCOCCCCCOC1CCCC2OC12. The molecule has 3 nitrogen and oxygen atoms in total. The Morgan fingerprint density at radius 3 is 2.88 bits per heavy atom. The maximum atomic E-state index is 5.88. The molecule has 3 atom stereocenters. The van der Waals surface area contributed by atoms with E-state index in [2.05, 4.69) is 0 Å². The quantitative estimate of drug-likeness (QED) is 0.472. The normalized spacial score (nSPS) is 32.4. The van der Waals surface area contributed by atoms with E-state index in [9.17, 15) is 0 Å². The van der Waals surface area contributed by atoms with Crippen molar-refractivity contribution in [1.82, 2.24) is 0 Å². The molecule has 0 radical (unpaired) electrons. The molecule has 2 rings (SSSR count). The molecule has 2 fully saturated rings. The molecule has 0 N–H and O–H groups in total. The molecular weight excluding hydrogens is 204 g/mol. The van der Waals surface area contributed by atoms with Crippen molar-refractivity contribution in [2.75, 3.05) is 19.8 Å².